The van der Waals surface area contributed by atoms with Gasteiger partial charge in [-0.25, -0.2) is 0 Å². The molecule has 266 valence electrons. The van der Waals surface area contributed by atoms with Gasteiger partial charge in [-0.2, -0.15) is 0 Å². The molecule has 3 amide bonds. The number of carbonyl (C=O) groups is 5. The highest BCUT2D eigenvalue weighted by molar-refractivity contribution is 8.00. The van der Waals surface area contributed by atoms with Gasteiger partial charge in [0.05, 0.1) is 30.7 Å². The number of rotatable bonds is 12. The summed E-state index contributed by atoms with van der Waals surface area (Å²) in [5, 5.41) is 7.89. The molecular formula is C42H35N3O7S. The number of thioether (sulfide) groups is 1. The molecule has 53 heavy (non-hydrogen) atoms. The summed E-state index contributed by atoms with van der Waals surface area (Å²) in [6.07, 6.45) is 1.95. The molecule has 0 heterocycles. The van der Waals surface area contributed by atoms with Gasteiger partial charge in [0.1, 0.15) is 5.70 Å². The zero-order valence-electron chi connectivity index (χ0n) is 29.1. The Kier molecular flexibility index (Phi) is 11.1. The van der Waals surface area contributed by atoms with Gasteiger partial charge in [-0.15, -0.1) is 11.8 Å². The predicted molar refractivity (Wildman–Crippen MR) is 205 cm³/mol. The fourth-order valence-corrected chi connectivity index (χ4v) is 6.93. The van der Waals surface area contributed by atoms with E-state index < -0.39 is 17.1 Å². The lowest BCUT2D eigenvalue weighted by Gasteiger charge is -2.21. The molecule has 1 atom stereocenters. The van der Waals surface area contributed by atoms with E-state index in [2.05, 4.69) is 16.0 Å². The maximum atomic E-state index is 13.8. The zero-order valence-corrected chi connectivity index (χ0v) is 29.9. The summed E-state index contributed by atoms with van der Waals surface area (Å²) in [6.45, 7) is 1.87. The van der Waals surface area contributed by atoms with Gasteiger partial charge in [0, 0.05) is 38.4 Å². The van der Waals surface area contributed by atoms with Gasteiger partial charge < -0.3 is 25.4 Å². The summed E-state index contributed by atoms with van der Waals surface area (Å²) in [4.78, 5) is 68.0. The molecule has 0 bridgehead atoms. The van der Waals surface area contributed by atoms with Gasteiger partial charge in [-0.3, -0.25) is 24.0 Å². The Morgan fingerprint density at radius 2 is 1.42 bits per heavy atom. The van der Waals surface area contributed by atoms with E-state index in [4.69, 9.17) is 9.47 Å². The van der Waals surface area contributed by atoms with Crippen LogP contribution in [-0.2, 0) is 9.59 Å². The number of benzene rings is 5. The standard InChI is InChI=1S/C42H35N3O7S/c1-4-35(42(50)44-32-21-12-20-31-36(32)38(47)30-19-9-8-18-29(30)37(31)46)53-28-17-11-16-27(24-28)43-41(49)33(45-40(48)25-13-6-5-7-14-25)23-26-15-10-22-34(51-2)39(26)52-3/h5-24,35H,4H2,1-3H3,(H,43,49)(H,44,50)(H,45,48)/b33-23+. The average molecular weight is 726 g/mol. The maximum Gasteiger partial charge on any atom is 0.272 e. The Morgan fingerprint density at radius 3 is 2.13 bits per heavy atom. The van der Waals surface area contributed by atoms with Crippen molar-refractivity contribution in [2.45, 2.75) is 23.5 Å². The second kappa shape index (κ2) is 16.3. The number of hydrogen-bond acceptors (Lipinski definition) is 8. The Labute approximate surface area is 310 Å². The highest BCUT2D eigenvalue weighted by Crippen LogP contribution is 2.35. The molecule has 11 heteroatoms. The second-order valence-electron chi connectivity index (χ2n) is 11.9. The molecule has 0 spiro atoms. The van der Waals surface area contributed by atoms with Crippen molar-refractivity contribution in [2.75, 3.05) is 24.9 Å². The molecule has 10 nitrogen and oxygen atoms in total. The van der Waals surface area contributed by atoms with Gasteiger partial charge in [-0.1, -0.05) is 79.7 Å². The number of ether oxygens (including phenoxy) is 2. The van der Waals surface area contributed by atoms with Crippen LogP contribution in [0.1, 0.15) is 61.1 Å². The maximum absolute atomic E-state index is 13.8. The van der Waals surface area contributed by atoms with Crippen LogP contribution in [0, 0.1) is 0 Å². The number of para-hydroxylation sites is 1. The fourth-order valence-electron chi connectivity index (χ4n) is 5.92. The summed E-state index contributed by atoms with van der Waals surface area (Å²) < 4.78 is 11.0. The lowest BCUT2D eigenvalue weighted by atomic mass is 9.83. The summed E-state index contributed by atoms with van der Waals surface area (Å²) >= 11 is 1.28. The van der Waals surface area contributed by atoms with Gasteiger partial charge in [-0.05, 0) is 55.0 Å². The Morgan fingerprint density at radius 1 is 0.736 bits per heavy atom. The van der Waals surface area contributed by atoms with E-state index in [1.54, 1.807) is 109 Å². The smallest absolute Gasteiger partial charge is 0.272 e. The van der Waals surface area contributed by atoms with Crippen LogP contribution in [0.3, 0.4) is 0 Å². The van der Waals surface area contributed by atoms with Crippen LogP contribution in [0.25, 0.3) is 6.08 Å². The molecular weight excluding hydrogens is 691 g/mol. The number of ketones is 2. The lowest BCUT2D eigenvalue weighted by molar-refractivity contribution is -0.116. The predicted octanol–water partition coefficient (Wildman–Crippen LogP) is 7.40. The van der Waals surface area contributed by atoms with Crippen molar-refractivity contribution in [3.8, 4) is 11.5 Å². The minimum atomic E-state index is -0.597. The number of nitrogens with one attached hydrogen (secondary N) is 3. The van der Waals surface area contributed by atoms with Crippen LogP contribution >= 0.6 is 11.8 Å². The van der Waals surface area contributed by atoms with Crippen LogP contribution in [-0.4, -0.2) is 48.8 Å². The molecule has 0 saturated carbocycles. The third-order valence-electron chi connectivity index (χ3n) is 8.51. The van der Waals surface area contributed by atoms with E-state index in [-0.39, 0.29) is 40.0 Å². The number of amides is 3. The molecule has 0 radical (unpaired) electrons. The van der Waals surface area contributed by atoms with Crippen LogP contribution in [0.5, 0.6) is 11.5 Å². The summed E-state index contributed by atoms with van der Waals surface area (Å²) in [7, 11) is 2.99. The largest absolute Gasteiger partial charge is 0.493 e. The molecule has 0 fully saturated rings. The number of methoxy groups -OCH3 is 2. The van der Waals surface area contributed by atoms with E-state index in [1.165, 1.54) is 32.1 Å². The van der Waals surface area contributed by atoms with Crippen LogP contribution < -0.4 is 25.4 Å². The van der Waals surface area contributed by atoms with Crippen LogP contribution in [0.15, 0.2) is 126 Å². The second-order valence-corrected chi connectivity index (χ2v) is 13.2. The van der Waals surface area contributed by atoms with Gasteiger partial charge in [0.25, 0.3) is 11.8 Å². The summed E-state index contributed by atoms with van der Waals surface area (Å²) in [5.41, 5.74) is 2.56. The number of anilines is 2. The monoisotopic (exact) mass is 725 g/mol. The van der Waals surface area contributed by atoms with Crippen molar-refractivity contribution in [1.29, 1.82) is 0 Å². The SMILES string of the molecule is CCC(Sc1cccc(NC(=O)/C(=C\c2cccc(OC)c2OC)NC(=O)c2ccccc2)c1)C(=O)Nc1cccc2c1C(=O)c1ccccc1C2=O. The highest BCUT2D eigenvalue weighted by Gasteiger charge is 2.32. The number of fused-ring (bicyclic) bond motifs is 2. The first kappa shape index (κ1) is 36.3. The highest BCUT2D eigenvalue weighted by atomic mass is 32.2. The quantitative estimate of drug-likeness (QED) is 0.0877. The third kappa shape index (κ3) is 7.90. The summed E-state index contributed by atoms with van der Waals surface area (Å²) in [5.74, 6) is -1.19. The van der Waals surface area contributed by atoms with E-state index >= 15 is 0 Å². The van der Waals surface area contributed by atoms with Crippen LogP contribution in [0.4, 0.5) is 11.4 Å². The number of hydrogen-bond donors (Lipinski definition) is 3. The molecule has 0 aliphatic heterocycles. The number of carbonyl (C=O) groups excluding carboxylic acids is 5. The first-order valence-corrected chi connectivity index (χ1v) is 17.6. The minimum absolute atomic E-state index is 0.0453. The van der Waals surface area contributed by atoms with Crippen molar-refractivity contribution in [3.05, 3.63) is 154 Å². The van der Waals surface area contributed by atoms with Crippen molar-refractivity contribution in [1.82, 2.24) is 5.32 Å². The Bertz CT molecular complexity index is 2270. The van der Waals surface area contributed by atoms with Crippen molar-refractivity contribution in [3.63, 3.8) is 0 Å². The van der Waals surface area contributed by atoms with Gasteiger partial charge in [0.15, 0.2) is 23.1 Å². The van der Waals surface area contributed by atoms with E-state index in [1.807, 2.05) is 13.0 Å². The van der Waals surface area contributed by atoms with Gasteiger partial charge in [0.2, 0.25) is 5.91 Å². The van der Waals surface area contributed by atoms with E-state index in [0.29, 0.717) is 50.8 Å². The molecule has 5 aromatic carbocycles. The Balaban J connectivity index is 1.21. The minimum Gasteiger partial charge on any atom is -0.493 e. The molecule has 1 unspecified atom stereocenters. The first-order chi connectivity index (χ1) is 25.7. The normalized spacial score (nSPS) is 12.5. The molecule has 6 rings (SSSR count). The topological polar surface area (TPSA) is 140 Å². The molecule has 3 N–H and O–H groups in total. The zero-order chi connectivity index (χ0) is 37.5. The van der Waals surface area contributed by atoms with Crippen LogP contribution in [0.2, 0.25) is 0 Å². The molecule has 5 aromatic rings. The molecule has 1 aliphatic rings. The average Bonchev–Trinajstić information content (AvgIpc) is 3.18. The fraction of sp³-hybridized carbons (Fsp3) is 0.119. The van der Waals surface area contributed by atoms with E-state index in [0.717, 1.165) is 0 Å². The van der Waals surface area contributed by atoms with Gasteiger partial charge >= 0.3 is 0 Å². The third-order valence-corrected chi connectivity index (χ3v) is 9.86. The summed E-state index contributed by atoms with van der Waals surface area (Å²) in [6, 6.07) is 32.2. The van der Waals surface area contributed by atoms with Crippen molar-refractivity contribution >= 4 is 58.5 Å². The molecule has 0 saturated heterocycles. The molecule has 0 aromatic heterocycles. The lowest BCUT2D eigenvalue weighted by Crippen LogP contribution is -2.30. The molecule has 1 aliphatic carbocycles. The Hall–Kier alpha value is -6.46. The van der Waals surface area contributed by atoms with E-state index in [9.17, 15) is 24.0 Å². The van der Waals surface area contributed by atoms with Crippen molar-refractivity contribution < 1.29 is 33.4 Å². The van der Waals surface area contributed by atoms with Crippen molar-refractivity contribution in [2.24, 2.45) is 0 Å². The first-order valence-electron chi connectivity index (χ1n) is 16.7.